The first-order valence-electron chi connectivity index (χ1n) is 46.4. The summed E-state index contributed by atoms with van der Waals surface area (Å²) < 4.78 is 66.3. The first kappa shape index (κ1) is 120. The van der Waals surface area contributed by atoms with Gasteiger partial charge in [0.1, 0.15) is 79.3 Å². The number of carbonyl (C=O) groups excluding carboxylic acids is 12. The Morgan fingerprint density at radius 1 is 0.185 bits per heavy atom. The molecule has 0 aliphatic carbocycles. The molecule has 0 saturated carbocycles. The highest BCUT2D eigenvalue weighted by atomic mass is 32.2. The number of thioether (sulfide) groups is 6. The summed E-state index contributed by atoms with van der Waals surface area (Å²) in [6.45, 7) is 23.7. The normalized spacial score (nSPS) is 12.9. The minimum atomic E-state index is -0.581. The fourth-order valence-electron chi connectivity index (χ4n) is 11.8. The summed E-state index contributed by atoms with van der Waals surface area (Å²) in [5.74, 6) is -1.00. The van der Waals surface area contributed by atoms with Gasteiger partial charge in [-0.25, -0.2) is 0 Å². The van der Waals surface area contributed by atoms with Crippen LogP contribution in [0.1, 0.15) is 276 Å². The molecule has 28 nitrogen and oxygen atoms in total. The molecule has 0 spiro atoms. The topological polar surface area (TPSA) is 329 Å². The smallest absolute Gasteiger partial charge is 0.318 e. The molecule has 0 aromatic carbocycles. The van der Waals surface area contributed by atoms with Gasteiger partial charge in [-0.15, -0.1) is 70.6 Å². The van der Waals surface area contributed by atoms with E-state index in [0.29, 0.717) is 0 Å². The summed E-state index contributed by atoms with van der Waals surface area (Å²) in [4.78, 5) is 166. The lowest BCUT2D eigenvalue weighted by Crippen LogP contribution is -2.45. The van der Waals surface area contributed by atoms with Gasteiger partial charge in [0, 0.05) is 78.5 Å². The lowest BCUT2D eigenvalue weighted by Gasteiger charge is -2.32. The van der Waals surface area contributed by atoms with Gasteiger partial charge in [0.25, 0.3) is 0 Å². The van der Waals surface area contributed by atoms with Crippen LogP contribution in [-0.2, 0) is 114 Å². The number of esters is 12. The SMILES string of the molecule is CCCCCCSC(C)C(=O)OCCOC(=O)CCN(CCC(=O)OCCOC(=O)C(C)SCCCCCC)CCN(CCN(CCC(=O)OCCOC(=O)C(C)SCCCCCC)CCC(=O)OCCOC(=O)C(C)SCCCCCC)CCN(CCC(=O)OCCOC(=O)C(C)SCCCCCC)CCC(=O)OCCOC(=O)C(C)SCCCCCC. The molecule has 0 aliphatic rings. The van der Waals surface area contributed by atoms with Gasteiger partial charge < -0.3 is 71.5 Å². The van der Waals surface area contributed by atoms with Crippen LogP contribution in [-0.4, -0.2) is 315 Å². The van der Waals surface area contributed by atoms with Crippen LogP contribution < -0.4 is 0 Å². The molecule has 0 aliphatic heterocycles. The van der Waals surface area contributed by atoms with Crippen molar-refractivity contribution in [2.24, 2.45) is 0 Å². The number of unbranched alkanes of at least 4 members (excludes halogenated alkanes) is 18. The third-order valence-corrected chi connectivity index (χ3v) is 27.0. The number of hydrogen-bond donors (Lipinski definition) is 0. The molecule has 722 valence electrons. The third-order valence-electron chi connectivity index (χ3n) is 19.7. The summed E-state index contributed by atoms with van der Waals surface area (Å²) >= 11 is 9.10. The van der Waals surface area contributed by atoms with Crippen LogP contribution in [0.15, 0.2) is 0 Å². The highest BCUT2D eigenvalue weighted by Crippen LogP contribution is 2.22. The van der Waals surface area contributed by atoms with Crippen LogP contribution in [0.25, 0.3) is 0 Å². The van der Waals surface area contributed by atoms with Crippen LogP contribution >= 0.6 is 70.6 Å². The van der Waals surface area contributed by atoms with Crippen LogP contribution in [0, 0.1) is 0 Å². The van der Waals surface area contributed by atoms with E-state index in [1.165, 1.54) is 70.6 Å². The molecule has 0 fully saturated rings. The van der Waals surface area contributed by atoms with Crippen molar-refractivity contribution in [1.82, 2.24) is 19.6 Å². The maximum Gasteiger partial charge on any atom is 0.318 e. The van der Waals surface area contributed by atoms with Crippen molar-refractivity contribution in [3.05, 3.63) is 0 Å². The molecule has 0 aromatic rings. The molecule has 6 atom stereocenters. The second-order valence-electron chi connectivity index (χ2n) is 30.6. The zero-order valence-corrected chi connectivity index (χ0v) is 82.8. The number of rotatable bonds is 87. The van der Waals surface area contributed by atoms with Gasteiger partial charge in [-0.1, -0.05) is 157 Å². The van der Waals surface area contributed by atoms with E-state index >= 15 is 0 Å². The van der Waals surface area contributed by atoms with Gasteiger partial charge in [0.2, 0.25) is 0 Å². The summed E-state index contributed by atoms with van der Waals surface area (Å²) in [6, 6.07) is 0. The number of nitrogens with zero attached hydrogens (tertiary/aromatic N) is 4. The first-order valence-corrected chi connectivity index (χ1v) is 52.7. The van der Waals surface area contributed by atoms with E-state index in [9.17, 15) is 57.5 Å². The van der Waals surface area contributed by atoms with Gasteiger partial charge in [-0.3, -0.25) is 62.4 Å². The van der Waals surface area contributed by atoms with Crippen molar-refractivity contribution in [2.75, 3.05) is 192 Å². The Bertz CT molecular complexity index is 2340. The Kier molecular flexibility index (Phi) is 81.1. The molecule has 0 radical (unpaired) electrons. The van der Waals surface area contributed by atoms with Crippen molar-refractivity contribution in [2.45, 2.75) is 307 Å². The maximum atomic E-state index is 13.6. The fraction of sp³-hybridized carbons (Fsp3) is 0.867. The first-order chi connectivity index (χ1) is 59.8. The van der Waals surface area contributed by atoms with E-state index in [1.807, 2.05) is 14.7 Å². The minimum absolute atomic E-state index is 0.100. The van der Waals surface area contributed by atoms with Gasteiger partial charge in [0.05, 0.1) is 70.0 Å². The molecule has 124 heavy (non-hydrogen) atoms. The summed E-state index contributed by atoms with van der Waals surface area (Å²) in [7, 11) is 0. The number of hydrogen-bond acceptors (Lipinski definition) is 34. The highest BCUT2D eigenvalue weighted by molar-refractivity contribution is 8.01. The quantitative estimate of drug-likeness (QED) is 0.0310. The average molecular weight is 1880 g/mol. The van der Waals surface area contributed by atoms with E-state index in [4.69, 9.17) is 56.8 Å². The summed E-state index contributed by atoms with van der Waals surface area (Å²) in [5, 5.41) is -2.39. The monoisotopic (exact) mass is 1870 g/mol. The van der Waals surface area contributed by atoms with Gasteiger partial charge in [-0.2, -0.15) is 0 Å². The van der Waals surface area contributed by atoms with Crippen LogP contribution in [0.2, 0.25) is 0 Å². The Morgan fingerprint density at radius 2 is 0.315 bits per heavy atom. The molecule has 0 bridgehead atoms. The highest BCUT2D eigenvalue weighted by Gasteiger charge is 2.25. The van der Waals surface area contributed by atoms with Crippen LogP contribution in [0.5, 0.6) is 0 Å². The average Bonchev–Trinajstić information content (AvgIpc) is 0.911. The van der Waals surface area contributed by atoms with Crippen molar-refractivity contribution in [3.8, 4) is 0 Å². The molecule has 0 saturated heterocycles. The van der Waals surface area contributed by atoms with Crippen LogP contribution in [0.4, 0.5) is 0 Å². The summed E-state index contributed by atoms with van der Waals surface area (Å²) in [5.41, 5.74) is 0. The maximum absolute atomic E-state index is 13.6. The molecule has 6 unspecified atom stereocenters. The zero-order valence-electron chi connectivity index (χ0n) is 77.9. The molecule has 0 amide bonds. The zero-order chi connectivity index (χ0) is 91.9. The Morgan fingerprint density at radius 3 is 0.452 bits per heavy atom. The van der Waals surface area contributed by atoms with E-state index in [1.54, 1.807) is 41.5 Å². The largest absolute Gasteiger partial charge is 0.462 e. The lowest BCUT2D eigenvalue weighted by molar-refractivity contribution is -0.152. The van der Waals surface area contributed by atoms with E-state index in [0.717, 1.165) is 189 Å². The molecule has 0 rings (SSSR count). The summed E-state index contributed by atoms with van der Waals surface area (Å²) in [6.07, 6.45) is 25.0. The van der Waals surface area contributed by atoms with Crippen LogP contribution in [0.3, 0.4) is 0 Å². The van der Waals surface area contributed by atoms with Crippen molar-refractivity contribution in [3.63, 3.8) is 0 Å². The van der Waals surface area contributed by atoms with Gasteiger partial charge >= 0.3 is 71.6 Å². The second-order valence-corrected chi connectivity index (χ2v) is 39.3. The lowest BCUT2D eigenvalue weighted by atomic mass is 10.2. The molecule has 0 N–H and O–H groups in total. The molecule has 0 heterocycles. The van der Waals surface area contributed by atoms with E-state index < -0.39 is 103 Å². The molecule has 0 aromatic heterocycles. The second kappa shape index (κ2) is 84.1. The Balaban J connectivity index is 7.46. The van der Waals surface area contributed by atoms with E-state index in [-0.39, 0.29) is 196 Å². The predicted molar refractivity (Wildman–Crippen MR) is 501 cm³/mol. The van der Waals surface area contributed by atoms with Gasteiger partial charge in [-0.05, 0) is 115 Å². The molecular weight excluding hydrogens is 1710 g/mol. The number of carbonyl (C=O) groups is 12. The number of ether oxygens (including phenoxy) is 12. The standard InChI is InChI=1S/C90H162N4O24S6/c1-13-19-25-31-67-119-73(7)85(101)113-61-55-107-79(95)37-43-91(44-38-80(96)108-56-62-114-86(102)74(8)120-68-32-26-20-14-2)49-52-94(53-50-92(45-39-81(97)109-57-63-115-87(103)75(9)121-69-33-27-21-15-3)46-40-82(98)110-58-64-116-88(104)76(10)122-70-34-28-22-16-4)54-51-93(47-41-83(99)111-59-65-117-89(105)77(11)123-71-35-29-23-17-5)48-42-84(100)112-60-66-118-90(106)78(12)124-72-36-30-24-18-6/h73-78H,13-72H2,1-12H3. The van der Waals surface area contributed by atoms with Crippen molar-refractivity contribution >= 4 is 142 Å². The Hall–Kier alpha value is -4.42. The fourth-order valence-corrected chi connectivity index (χ4v) is 17.3. The minimum Gasteiger partial charge on any atom is -0.462 e. The predicted octanol–water partition coefficient (Wildman–Crippen LogP) is 15.3. The third kappa shape index (κ3) is 72.4. The van der Waals surface area contributed by atoms with Gasteiger partial charge in [0.15, 0.2) is 0 Å². The Labute approximate surface area is 770 Å². The van der Waals surface area contributed by atoms with Crippen molar-refractivity contribution < 1.29 is 114 Å². The molecular formula is C90H162N4O24S6. The van der Waals surface area contributed by atoms with E-state index in [2.05, 4.69) is 46.4 Å². The van der Waals surface area contributed by atoms with Crippen molar-refractivity contribution in [1.29, 1.82) is 0 Å². The molecule has 34 heteroatoms.